The molecule has 1 aromatic carbocycles. The first-order chi connectivity index (χ1) is 5.35. The summed E-state index contributed by atoms with van der Waals surface area (Å²) in [5.41, 5.74) is 1.33. The fourth-order valence-corrected chi connectivity index (χ4v) is 0.941. The van der Waals surface area contributed by atoms with Crippen LogP contribution in [0.1, 0.15) is 5.56 Å². The maximum Gasteiger partial charge on any atom is 0.432 e. The zero-order chi connectivity index (χ0) is 8.53. The van der Waals surface area contributed by atoms with E-state index in [9.17, 15) is 0 Å². The Labute approximate surface area is 75.3 Å². The second kappa shape index (κ2) is 7.79. The molecule has 1 aromatic rings. The van der Waals surface area contributed by atoms with Gasteiger partial charge in [0, 0.05) is 5.33 Å². The molecule has 0 spiro atoms. The molecule has 0 aliphatic carbocycles. The summed E-state index contributed by atoms with van der Waals surface area (Å²) in [7, 11) is -0.750. The molecule has 0 amide bonds. The zero-order valence-electron chi connectivity index (χ0n) is 6.07. The van der Waals surface area contributed by atoms with Gasteiger partial charge in [-0.3, -0.25) is 0 Å². The standard InChI is InChI=1S/C7H7Br.BH3O2/c8-6-7-4-2-1-3-5-7;2-1-3/h1-5H,6H2;1-3H. The largest absolute Gasteiger partial charge is 0.432 e. The molecule has 4 heteroatoms. The van der Waals surface area contributed by atoms with Gasteiger partial charge in [-0.25, -0.2) is 0 Å². The molecule has 0 saturated carbocycles. The monoisotopic (exact) mass is 216 g/mol. The summed E-state index contributed by atoms with van der Waals surface area (Å²) in [5.74, 6) is 0. The highest BCUT2D eigenvalue weighted by molar-refractivity contribution is 9.08. The summed E-state index contributed by atoms with van der Waals surface area (Å²) in [6.07, 6.45) is 0. The minimum Gasteiger partial charge on any atom is -0.430 e. The van der Waals surface area contributed by atoms with E-state index in [1.54, 1.807) is 0 Å². The second-order valence-corrected chi connectivity index (χ2v) is 2.32. The second-order valence-electron chi connectivity index (χ2n) is 1.76. The fourth-order valence-electron chi connectivity index (χ4n) is 0.567. The van der Waals surface area contributed by atoms with Gasteiger partial charge in [0.05, 0.1) is 0 Å². The van der Waals surface area contributed by atoms with E-state index in [-0.39, 0.29) is 0 Å². The fraction of sp³-hybridized carbons (Fsp3) is 0.143. The van der Waals surface area contributed by atoms with Crippen LogP contribution in [-0.2, 0) is 5.33 Å². The van der Waals surface area contributed by atoms with Crippen LogP contribution >= 0.6 is 15.9 Å². The average Bonchev–Trinajstić information content (AvgIpc) is 2.08. The summed E-state index contributed by atoms with van der Waals surface area (Å²) in [6.45, 7) is 0. The predicted molar refractivity (Wildman–Crippen MR) is 50.7 cm³/mol. The van der Waals surface area contributed by atoms with Crippen LogP contribution in [0.5, 0.6) is 0 Å². The van der Waals surface area contributed by atoms with Crippen LogP contribution in [0.2, 0.25) is 0 Å². The molecule has 0 aromatic heterocycles. The Morgan fingerprint density at radius 1 is 1.18 bits per heavy atom. The van der Waals surface area contributed by atoms with E-state index in [0.717, 1.165) is 5.33 Å². The predicted octanol–water partition coefficient (Wildman–Crippen LogP) is 0.819. The zero-order valence-corrected chi connectivity index (χ0v) is 7.66. The summed E-state index contributed by atoms with van der Waals surface area (Å²) in [4.78, 5) is 0. The number of rotatable bonds is 1. The number of alkyl halides is 1. The summed E-state index contributed by atoms with van der Waals surface area (Å²) < 4.78 is 0. The van der Waals surface area contributed by atoms with Gasteiger partial charge in [-0.2, -0.15) is 0 Å². The normalized spacial score (nSPS) is 7.91. The molecule has 0 unspecified atom stereocenters. The first kappa shape index (κ1) is 10.7. The molecule has 2 nitrogen and oxygen atoms in total. The SMILES string of the molecule is BrCc1ccccc1.OBO. The number of halogens is 1. The third kappa shape index (κ3) is 6.10. The van der Waals surface area contributed by atoms with Crippen LogP contribution in [0, 0.1) is 0 Å². The van der Waals surface area contributed by atoms with Crippen molar-refractivity contribution in [3.05, 3.63) is 35.9 Å². The lowest BCUT2D eigenvalue weighted by Gasteiger charge is -1.88. The van der Waals surface area contributed by atoms with Gasteiger partial charge in [0.15, 0.2) is 0 Å². The van der Waals surface area contributed by atoms with Gasteiger partial charge < -0.3 is 10.0 Å². The van der Waals surface area contributed by atoms with E-state index in [0.29, 0.717) is 0 Å². The Kier molecular flexibility index (Phi) is 7.57. The molecule has 60 valence electrons. The van der Waals surface area contributed by atoms with Crippen LogP contribution in [0.4, 0.5) is 0 Å². The van der Waals surface area contributed by atoms with Crippen LogP contribution in [-0.4, -0.2) is 17.7 Å². The van der Waals surface area contributed by atoms with Gasteiger partial charge in [-0.15, -0.1) is 0 Å². The van der Waals surface area contributed by atoms with E-state index in [2.05, 4.69) is 28.1 Å². The topological polar surface area (TPSA) is 40.5 Å². The maximum atomic E-state index is 7.12. The lowest BCUT2D eigenvalue weighted by molar-refractivity contribution is 0.448. The average molecular weight is 217 g/mol. The molecule has 0 aliphatic heterocycles. The smallest absolute Gasteiger partial charge is 0.430 e. The van der Waals surface area contributed by atoms with E-state index >= 15 is 0 Å². The molecular formula is C7H10BBrO2. The maximum absolute atomic E-state index is 7.12. The molecule has 0 radical (unpaired) electrons. The van der Waals surface area contributed by atoms with Gasteiger partial charge in [0.2, 0.25) is 0 Å². The van der Waals surface area contributed by atoms with Crippen molar-refractivity contribution < 1.29 is 10.0 Å². The van der Waals surface area contributed by atoms with Gasteiger partial charge >= 0.3 is 7.69 Å². The number of hydrogen-bond acceptors (Lipinski definition) is 2. The summed E-state index contributed by atoms with van der Waals surface area (Å²) in [6, 6.07) is 10.3. The van der Waals surface area contributed by atoms with Gasteiger partial charge in [0.25, 0.3) is 0 Å². The first-order valence-electron chi connectivity index (χ1n) is 3.16. The van der Waals surface area contributed by atoms with Crippen molar-refractivity contribution in [2.75, 3.05) is 0 Å². The van der Waals surface area contributed by atoms with Crippen molar-refractivity contribution in [3.8, 4) is 0 Å². The molecule has 0 fully saturated rings. The lowest BCUT2D eigenvalue weighted by atomic mass is 10.2. The Morgan fingerprint density at radius 3 is 1.91 bits per heavy atom. The number of hydrogen-bond donors (Lipinski definition) is 2. The molecule has 11 heavy (non-hydrogen) atoms. The van der Waals surface area contributed by atoms with Gasteiger partial charge in [0.1, 0.15) is 0 Å². The molecule has 0 saturated heterocycles. The molecule has 0 bridgehead atoms. The van der Waals surface area contributed by atoms with Crippen LogP contribution in [0.15, 0.2) is 30.3 Å². The van der Waals surface area contributed by atoms with E-state index in [4.69, 9.17) is 10.0 Å². The quantitative estimate of drug-likeness (QED) is 0.539. The summed E-state index contributed by atoms with van der Waals surface area (Å²) in [5, 5.41) is 15.2. The van der Waals surface area contributed by atoms with E-state index in [1.165, 1.54) is 5.56 Å². The third-order valence-electron chi connectivity index (χ3n) is 0.997. The first-order valence-corrected chi connectivity index (χ1v) is 4.29. The Hall–Kier alpha value is -0.315. The molecule has 2 N–H and O–H groups in total. The molecular weight excluding hydrogens is 207 g/mol. The highest BCUT2D eigenvalue weighted by Crippen LogP contribution is 2.02. The van der Waals surface area contributed by atoms with Crippen molar-refractivity contribution in [2.24, 2.45) is 0 Å². The Bertz CT molecular complexity index is 169. The molecule has 0 aliphatic rings. The summed E-state index contributed by atoms with van der Waals surface area (Å²) >= 11 is 3.36. The van der Waals surface area contributed by atoms with Crippen LogP contribution < -0.4 is 0 Å². The minimum absolute atomic E-state index is 0.750. The highest BCUT2D eigenvalue weighted by Gasteiger charge is 1.81. The highest BCUT2D eigenvalue weighted by atomic mass is 79.9. The molecule has 0 heterocycles. The van der Waals surface area contributed by atoms with E-state index < -0.39 is 7.69 Å². The van der Waals surface area contributed by atoms with Crippen molar-refractivity contribution >= 4 is 23.6 Å². The van der Waals surface area contributed by atoms with Crippen molar-refractivity contribution in [2.45, 2.75) is 5.33 Å². The van der Waals surface area contributed by atoms with Crippen molar-refractivity contribution in [1.29, 1.82) is 0 Å². The van der Waals surface area contributed by atoms with Crippen LogP contribution in [0.3, 0.4) is 0 Å². The minimum atomic E-state index is -0.750. The number of benzene rings is 1. The van der Waals surface area contributed by atoms with Gasteiger partial charge in [-0.1, -0.05) is 46.3 Å². The lowest BCUT2D eigenvalue weighted by Crippen LogP contribution is -1.75. The van der Waals surface area contributed by atoms with Crippen molar-refractivity contribution in [3.63, 3.8) is 0 Å². The van der Waals surface area contributed by atoms with Crippen LogP contribution in [0.25, 0.3) is 0 Å². The van der Waals surface area contributed by atoms with E-state index in [1.807, 2.05) is 18.2 Å². The third-order valence-corrected chi connectivity index (χ3v) is 1.64. The van der Waals surface area contributed by atoms with Gasteiger partial charge in [-0.05, 0) is 5.56 Å². The molecule has 0 atom stereocenters. The Morgan fingerprint density at radius 2 is 1.64 bits per heavy atom. The molecule has 1 rings (SSSR count). The van der Waals surface area contributed by atoms with Crippen molar-refractivity contribution in [1.82, 2.24) is 0 Å². The Balaban J connectivity index is 0.000000292.